The third kappa shape index (κ3) is 4.50. The quantitative estimate of drug-likeness (QED) is 0.732. The van der Waals surface area contributed by atoms with Gasteiger partial charge in [0.15, 0.2) is 0 Å². The van der Waals surface area contributed by atoms with E-state index in [0.717, 1.165) is 34.1 Å². The average Bonchev–Trinajstić information content (AvgIpc) is 2.68. The van der Waals surface area contributed by atoms with Gasteiger partial charge in [-0.15, -0.1) is 0 Å². The maximum absolute atomic E-state index is 12.6. The Bertz CT molecular complexity index is 963. The molecular weight excluding hydrogens is 338 g/mol. The molecule has 1 aromatic heterocycles. The molecule has 0 radical (unpaired) electrons. The lowest BCUT2D eigenvalue weighted by Gasteiger charge is -2.18. The minimum Gasteiger partial charge on any atom is -0.336 e. The van der Waals surface area contributed by atoms with E-state index < -0.39 is 0 Å². The van der Waals surface area contributed by atoms with Gasteiger partial charge >= 0.3 is 0 Å². The third-order valence-electron chi connectivity index (χ3n) is 4.54. The zero-order chi connectivity index (χ0) is 19.2. The second-order valence-corrected chi connectivity index (χ2v) is 6.48. The number of carbonyl (C=O) groups excluding carboxylic acids is 2. The molecule has 1 N–H and O–H groups in total. The number of para-hydroxylation sites is 2. The van der Waals surface area contributed by atoms with Gasteiger partial charge in [-0.25, -0.2) is 0 Å². The van der Waals surface area contributed by atoms with E-state index in [9.17, 15) is 9.59 Å². The highest BCUT2D eigenvalue weighted by atomic mass is 16.2. The Morgan fingerprint density at radius 1 is 1.00 bits per heavy atom. The van der Waals surface area contributed by atoms with E-state index in [1.807, 2.05) is 61.5 Å². The summed E-state index contributed by atoms with van der Waals surface area (Å²) in [5.74, 6) is -0.324. The Balaban J connectivity index is 1.64. The lowest BCUT2D eigenvalue weighted by atomic mass is 10.1. The number of aryl methyl sites for hydroxylation is 1. The number of nitrogens with one attached hydrogen (secondary N) is 1. The number of anilines is 1. The highest BCUT2D eigenvalue weighted by Crippen LogP contribution is 2.17. The molecule has 0 saturated heterocycles. The largest absolute Gasteiger partial charge is 0.336 e. The van der Waals surface area contributed by atoms with E-state index in [0.29, 0.717) is 0 Å². The molecule has 0 atom stereocenters. The summed E-state index contributed by atoms with van der Waals surface area (Å²) in [5, 5.41) is 3.89. The van der Waals surface area contributed by atoms with E-state index in [1.165, 1.54) is 4.90 Å². The number of hydrogen-bond donors (Lipinski definition) is 1. The Kier molecular flexibility index (Phi) is 5.81. The number of rotatable bonds is 6. The van der Waals surface area contributed by atoms with Crippen molar-refractivity contribution in [1.82, 2.24) is 9.88 Å². The Morgan fingerprint density at radius 2 is 1.74 bits per heavy atom. The van der Waals surface area contributed by atoms with Crippen molar-refractivity contribution in [2.24, 2.45) is 0 Å². The van der Waals surface area contributed by atoms with Crippen molar-refractivity contribution in [2.75, 3.05) is 18.9 Å². The summed E-state index contributed by atoms with van der Waals surface area (Å²) >= 11 is 0. The van der Waals surface area contributed by atoms with Crippen LogP contribution in [0, 0.1) is 0 Å². The normalized spacial score (nSPS) is 10.6. The van der Waals surface area contributed by atoms with Crippen LogP contribution >= 0.6 is 0 Å². The summed E-state index contributed by atoms with van der Waals surface area (Å²) < 4.78 is 0. The summed E-state index contributed by atoms with van der Waals surface area (Å²) in [7, 11) is 1.65. The number of hydrogen-bond acceptors (Lipinski definition) is 3. The van der Waals surface area contributed by atoms with Crippen LogP contribution in [0.2, 0.25) is 0 Å². The van der Waals surface area contributed by atoms with Crippen molar-refractivity contribution in [2.45, 2.75) is 19.8 Å². The van der Waals surface area contributed by atoms with Crippen LogP contribution in [-0.4, -0.2) is 35.3 Å². The van der Waals surface area contributed by atoms with Gasteiger partial charge in [0.25, 0.3) is 0 Å². The van der Waals surface area contributed by atoms with Crippen LogP contribution in [0.3, 0.4) is 0 Å². The molecule has 0 spiro atoms. The van der Waals surface area contributed by atoms with Crippen LogP contribution in [0.15, 0.2) is 60.8 Å². The van der Waals surface area contributed by atoms with Gasteiger partial charge in [0.1, 0.15) is 0 Å². The van der Waals surface area contributed by atoms with Crippen molar-refractivity contribution >= 4 is 28.4 Å². The predicted molar refractivity (Wildman–Crippen MR) is 108 cm³/mol. The zero-order valence-corrected chi connectivity index (χ0v) is 15.6. The van der Waals surface area contributed by atoms with Crippen molar-refractivity contribution in [3.63, 3.8) is 0 Å². The van der Waals surface area contributed by atoms with Crippen LogP contribution in [0.1, 0.15) is 18.1 Å². The molecule has 27 heavy (non-hydrogen) atoms. The molecule has 0 fully saturated rings. The lowest BCUT2D eigenvalue weighted by Crippen LogP contribution is -2.36. The van der Waals surface area contributed by atoms with Gasteiger partial charge in [-0.1, -0.05) is 49.4 Å². The van der Waals surface area contributed by atoms with Gasteiger partial charge in [0.05, 0.1) is 18.5 Å². The topological polar surface area (TPSA) is 62.3 Å². The number of aromatic nitrogens is 1. The van der Waals surface area contributed by atoms with Gasteiger partial charge < -0.3 is 10.2 Å². The maximum Gasteiger partial charge on any atom is 0.243 e. The number of nitrogens with zero attached hydrogens (tertiary/aromatic N) is 2. The summed E-state index contributed by atoms with van der Waals surface area (Å²) in [5.41, 5.74) is 3.55. The number of likely N-dealkylation sites (N-methyl/N-ethyl adjacent to an activating group) is 1. The summed E-state index contributed by atoms with van der Waals surface area (Å²) in [6.07, 6.45) is 2.77. The molecule has 5 nitrogen and oxygen atoms in total. The monoisotopic (exact) mass is 361 g/mol. The fourth-order valence-corrected chi connectivity index (χ4v) is 3.05. The SMILES string of the molecule is CCc1ccccc1NC(=O)CN(C)C(=O)Cc1cccc2cccnc12. The van der Waals surface area contributed by atoms with Crippen LogP contribution in [-0.2, 0) is 22.4 Å². The first-order chi connectivity index (χ1) is 13.1. The van der Waals surface area contributed by atoms with E-state index in [2.05, 4.69) is 10.3 Å². The van der Waals surface area contributed by atoms with Crippen LogP contribution in [0.4, 0.5) is 5.69 Å². The second kappa shape index (κ2) is 8.45. The molecule has 0 aliphatic rings. The lowest BCUT2D eigenvalue weighted by molar-refractivity contribution is -0.132. The fraction of sp³-hybridized carbons (Fsp3) is 0.227. The zero-order valence-electron chi connectivity index (χ0n) is 15.6. The van der Waals surface area contributed by atoms with Crippen LogP contribution < -0.4 is 5.32 Å². The minimum atomic E-state index is -0.206. The summed E-state index contributed by atoms with van der Waals surface area (Å²) in [4.78, 5) is 30.8. The average molecular weight is 361 g/mol. The molecular formula is C22H23N3O2. The minimum absolute atomic E-state index is 0.00900. The molecule has 0 aliphatic heterocycles. The van der Waals surface area contributed by atoms with Gasteiger partial charge in [-0.2, -0.15) is 0 Å². The molecule has 0 saturated carbocycles. The Labute approximate surface area is 159 Å². The highest BCUT2D eigenvalue weighted by Gasteiger charge is 2.16. The molecule has 0 bridgehead atoms. The molecule has 2 aromatic carbocycles. The fourth-order valence-electron chi connectivity index (χ4n) is 3.05. The smallest absolute Gasteiger partial charge is 0.243 e. The number of amides is 2. The van der Waals surface area contributed by atoms with Crippen molar-refractivity contribution in [3.8, 4) is 0 Å². The molecule has 3 aromatic rings. The van der Waals surface area contributed by atoms with Gasteiger partial charge in [-0.05, 0) is 29.7 Å². The van der Waals surface area contributed by atoms with Crippen molar-refractivity contribution in [1.29, 1.82) is 0 Å². The third-order valence-corrected chi connectivity index (χ3v) is 4.54. The molecule has 2 amide bonds. The molecule has 5 heteroatoms. The second-order valence-electron chi connectivity index (χ2n) is 6.48. The molecule has 3 rings (SSSR count). The molecule has 0 aliphatic carbocycles. The van der Waals surface area contributed by atoms with Crippen LogP contribution in [0.5, 0.6) is 0 Å². The van der Waals surface area contributed by atoms with Gasteiger partial charge in [-0.3, -0.25) is 14.6 Å². The predicted octanol–water partition coefficient (Wildman–Crippen LogP) is 3.44. The van der Waals surface area contributed by atoms with Gasteiger partial charge in [0, 0.05) is 24.3 Å². The van der Waals surface area contributed by atoms with E-state index in [4.69, 9.17) is 0 Å². The highest BCUT2D eigenvalue weighted by molar-refractivity contribution is 5.96. The first-order valence-corrected chi connectivity index (χ1v) is 9.03. The molecule has 0 unspecified atom stereocenters. The van der Waals surface area contributed by atoms with E-state index in [-0.39, 0.29) is 24.8 Å². The number of benzene rings is 2. The Hall–Kier alpha value is -3.21. The van der Waals surface area contributed by atoms with Gasteiger partial charge in [0.2, 0.25) is 11.8 Å². The number of fused-ring (bicyclic) bond motifs is 1. The number of pyridine rings is 1. The Morgan fingerprint density at radius 3 is 2.56 bits per heavy atom. The summed E-state index contributed by atoms with van der Waals surface area (Å²) in [6, 6.07) is 17.3. The first-order valence-electron chi connectivity index (χ1n) is 9.03. The first kappa shape index (κ1) is 18.6. The maximum atomic E-state index is 12.6. The van der Waals surface area contributed by atoms with E-state index in [1.54, 1.807) is 13.2 Å². The van der Waals surface area contributed by atoms with Crippen molar-refractivity contribution in [3.05, 3.63) is 71.9 Å². The molecule has 138 valence electrons. The van der Waals surface area contributed by atoms with E-state index >= 15 is 0 Å². The molecule has 1 heterocycles. The number of carbonyl (C=O) groups is 2. The standard InChI is InChI=1S/C22H23N3O2/c1-3-16-8-4-5-12-19(16)24-20(26)15-25(2)21(27)14-18-10-6-9-17-11-7-13-23-22(17)18/h4-13H,3,14-15H2,1-2H3,(H,24,26). The summed E-state index contributed by atoms with van der Waals surface area (Å²) in [6.45, 7) is 2.05. The van der Waals surface area contributed by atoms with Crippen molar-refractivity contribution < 1.29 is 9.59 Å². The van der Waals surface area contributed by atoms with Crippen LogP contribution in [0.25, 0.3) is 10.9 Å².